The molecule has 3 rings (SSSR count). The second kappa shape index (κ2) is 13.6. The van der Waals surface area contributed by atoms with Crippen molar-refractivity contribution in [2.24, 2.45) is 0 Å². The number of hydrogen-bond donors (Lipinski definition) is 3. The van der Waals surface area contributed by atoms with Gasteiger partial charge in [-0.3, -0.25) is 9.69 Å². The van der Waals surface area contributed by atoms with Gasteiger partial charge in [0.1, 0.15) is 23.3 Å². The number of nitrogens with zero attached hydrogens (tertiary/aromatic N) is 3. The lowest BCUT2D eigenvalue weighted by molar-refractivity contribution is -0.125. The van der Waals surface area contributed by atoms with Gasteiger partial charge in [-0.05, 0) is 64.7 Å². The normalized spacial score (nSPS) is 14.9. The van der Waals surface area contributed by atoms with Crippen LogP contribution in [0.3, 0.4) is 0 Å². The van der Waals surface area contributed by atoms with Crippen LogP contribution in [0.15, 0.2) is 30.5 Å². The van der Waals surface area contributed by atoms with Gasteiger partial charge in [0.15, 0.2) is 0 Å². The Morgan fingerprint density at radius 2 is 2.08 bits per heavy atom. The van der Waals surface area contributed by atoms with E-state index in [2.05, 4.69) is 44.7 Å². The van der Waals surface area contributed by atoms with Crippen molar-refractivity contribution >= 4 is 29.5 Å². The van der Waals surface area contributed by atoms with Crippen LogP contribution < -0.4 is 16.0 Å². The maximum atomic E-state index is 13.5. The Hall–Kier alpha value is -3.87. The molecule has 38 heavy (non-hydrogen) atoms. The molecular weight excluding hydrogens is 487 g/mol. The highest BCUT2D eigenvalue weighted by molar-refractivity contribution is 5.86. The highest BCUT2D eigenvalue weighted by Gasteiger charge is 2.36. The van der Waals surface area contributed by atoms with Crippen LogP contribution in [0.1, 0.15) is 65.4 Å². The number of ether oxygens (including phenoxy) is 1. The molecule has 0 bridgehead atoms. The van der Waals surface area contributed by atoms with Crippen LogP contribution in [0.4, 0.5) is 26.6 Å². The third-order valence-corrected chi connectivity index (χ3v) is 5.60. The molecule has 1 atom stereocenters. The molecule has 1 aliphatic heterocycles. The molecule has 10 heteroatoms. The first-order valence-electron chi connectivity index (χ1n) is 13.1. The maximum absolute atomic E-state index is 13.5. The standard InChI is InChI=1S/C28H37FN6O3/c1-5-15-30-24-20(19-32-26(34-24)33-22-13-9-12-21(29)18-22)11-7-6-8-16-31-25(36)23-14-10-17-35(23)27(37)38-28(2,3)4/h9,12-13,18-19,23H,5-6,8,10,14-17H2,1-4H3,(H,31,36)(H2,30,32,33,34)/t23-/m1/s1. The van der Waals surface area contributed by atoms with E-state index in [0.29, 0.717) is 55.4 Å². The Balaban J connectivity index is 1.51. The topological polar surface area (TPSA) is 108 Å². The minimum atomic E-state index is -0.603. The van der Waals surface area contributed by atoms with Crippen LogP contribution in [0.25, 0.3) is 0 Å². The van der Waals surface area contributed by atoms with Crippen molar-refractivity contribution in [2.75, 3.05) is 30.3 Å². The van der Waals surface area contributed by atoms with E-state index in [9.17, 15) is 14.0 Å². The summed E-state index contributed by atoms with van der Waals surface area (Å²) in [6, 6.07) is 5.59. The molecule has 2 amide bonds. The summed E-state index contributed by atoms with van der Waals surface area (Å²) in [4.78, 5) is 35.4. The molecule has 9 nitrogen and oxygen atoms in total. The van der Waals surface area contributed by atoms with Gasteiger partial charge < -0.3 is 20.7 Å². The van der Waals surface area contributed by atoms with Crippen LogP contribution in [0.2, 0.25) is 0 Å². The average Bonchev–Trinajstić information content (AvgIpc) is 3.35. The Morgan fingerprint density at radius 1 is 1.26 bits per heavy atom. The van der Waals surface area contributed by atoms with Crippen molar-refractivity contribution in [2.45, 2.75) is 71.4 Å². The van der Waals surface area contributed by atoms with Crippen molar-refractivity contribution < 1.29 is 18.7 Å². The summed E-state index contributed by atoms with van der Waals surface area (Å²) < 4.78 is 18.9. The number of carbonyl (C=O) groups is 2. The predicted octanol–water partition coefficient (Wildman–Crippen LogP) is 4.83. The van der Waals surface area contributed by atoms with Crippen LogP contribution in [-0.2, 0) is 9.53 Å². The fraction of sp³-hybridized carbons (Fsp3) is 0.500. The Labute approximate surface area is 224 Å². The number of aromatic nitrogens is 2. The summed E-state index contributed by atoms with van der Waals surface area (Å²) >= 11 is 0. The van der Waals surface area contributed by atoms with Gasteiger partial charge in [0.05, 0.1) is 11.8 Å². The second-order valence-electron chi connectivity index (χ2n) is 10.0. The third-order valence-electron chi connectivity index (χ3n) is 5.60. The van der Waals surface area contributed by atoms with Gasteiger partial charge in [-0.1, -0.05) is 24.8 Å². The molecular formula is C28H37FN6O3. The smallest absolute Gasteiger partial charge is 0.410 e. The first kappa shape index (κ1) is 28.7. The summed E-state index contributed by atoms with van der Waals surface area (Å²) in [5.41, 5.74) is 0.611. The van der Waals surface area contributed by atoms with Gasteiger partial charge >= 0.3 is 6.09 Å². The van der Waals surface area contributed by atoms with E-state index in [0.717, 1.165) is 19.4 Å². The zero-order valence-corrected chi connectivity index (χ0v) is 22.6. The molecule has 204 valence electrons. The lowest BCUT2D eigenvalue weighted by Crippen LogP contribution is -2.47. The minimum absolute atomic E-state index is 0.165. The Bertz CT molecular complexity index is 1170. The van der Waals surface area contributed by atoms with E-state index >= 15 is 0 Å². The number of benzene rings is 1. The summed E-state index contributed by atoms with van der Waals surface area (Å²) in [5.74, 6) is 6.65. The number of carbonyl (C=O) groups excluding carboxylic acids is 2. The van der Waals surface area contributed by atoms with Crippen LogP contribution in [0, 0.1) is 17.7 Å². The summed E-state index contributed by atoms with van der Waals surface area (Å²) in [7, 11) is 0. The molecule has 2 aromatic rings. The molecule has 1 aromatic heterocycles. The summed E-state index contributed by atoms with van der Waals surface area (Å²) in [5, 5.41) is 9.18. The Morgan fingerprint density at radius 3 is 2.82 bits per heavy atom. The van der Waals surface area contributed by atoms with E-state index in [1.54, 1.807) is 18.3 Å². The number of rotatable bonds is 9. The molecule has 0 spiro atoms. The second-order valence-corrected chi connectivity index (χ2v) is 10.0. The number of unbranched alkanes of at least 4 members (excludes halogenated alkanes) is 1. The van der Waals surface area contributed by atoms with Gasteiger partial charge in [0.2, 0.25) is 11.9 Å². The lowest BCUT2D eigenvalue weighted by atomic mass is 10.2. The van der Waals surface area contributed by atoms with Crippen molar-refractivity contribution in [3.8, 4) is 11.8 Å². The van der Waals surface area contributed by atoms with Gasteiger partial charge in [0, 0.05) is 31.7 Å². The fourth-order valence-electron chi connectivity index (χ4n) is 3.85. The first-order chi connectivity index (χ1) is 18.2. The van der Waals surface area contributed by atoms with Crippen LogP contribution in [-0.4, -0.2) is 58.1 Å². The third kappa shape index (κ3) is 8.91. The largest absolute Gasteiger partial charge is 0.444 e. The van der Waals surface area contributed by atoms with E-state index < -0.39 is 17.7 Å². The average molecular weight is 525 g/mol. The van der Waals surface area contributed by atoms with Crippen molar-refractivity contribution in [3.63, 3.8) is 0 Å². The van der Waals surface area contributed by atoms with E-state index in [1.165, 1.54) is 17.0 Å². The van der Waals surface area contributed by atoms with E-state index in [4.69, 9.17) is 4.74 Å². The molecule has 3 N–H and O–H groups in total. The number of hydrogen-bond acceptors (Lipinski definition) is 7. The first-order valence-corrected chi connectivity index (χ1v) is 13.1. The molecule has 0 aliphatic carbocycles. The molecule has 2 heterocycles. The summed E-state index contributed by atoms with van der Waals surface area (Å²) in [6.07, 6.45) is 4.72. The maximum Gasteiger partial charge on any atom is 0.410 e. The van der Waals surface area contributed by atoms with Gasteiger partial charge in [-0.2, -0.15) is 4.98 Å². The zero-order valence-electron chi connectivity index (χ0n) is 22.6. The molecule has 1 fully saturated rings. The van der Waals surface area contributed by atoms with E-state index in [-0.39, 0.29) is 11.7 Å². The SMILES string of the molecule is CCCNc1nc(Nc2cccc(F)c2)ncc1C#CCCCNC(=O)[C@H]1CCCN1C(=O)OC(C)(C)C. The highest BCUT2D eigenvalue weighted by Crippen LogP contribution is 2.21. The van der Waals surface area contributed by atoms with Crippen molar-refractivity contribution in [1.29, 1.82) is 0 Å². The monoisotopic (exact) mass is 524 g/mol. The lowest BCUT2D eigenvalue weighted by Gasteiger charge is -2.28. The van der Waals surface area contributed by atoms with Crippen molar-refractivity contribution in [1.82, 2.24) is 20.2 Å². The number of anilines is 3. The predicted molar refractivity (Wildman–Crippen MR) is 146 cm³/mol. The molecule has 0 radical (unpaired) electrons. The summed E-state index contributed by atoms with van der Waals surface area (Å²) in [6.45, 7) is 9.18. The van der Waals surface area contributed by atoms with Crippen LogP contribution in [0.5, 0.6) is 0 Å². The molecule has 0 unspecified atom stereocenters. The Kier molecular flexibility index (Phi) is 10.3. The van der Waals surface area contributed by atoms with Gasteiger partial charge in [-0.15, -0.1) is 0 Å². The minimum Gasteiger partial charge on any atom is -0.444 e. The van der Waals surface area contributed by atoms with Crippen molar-refractivity contribution in [3.05, 3.63) is 41.8 Å². The number of halogens is 1. The van der Waals surface area contributed by atoms with Gasteiger partial charge in [-0.25, -0.2) is 14.2 Å². The van der Waals surface area contributed by atoms with Crippen LogP contribution >= 0.6 is 0 Å². The van der Waals surface area contributed by atoms with E-state index in [1.807, 2.05) is 20.8 Å². The number of likely N-dealkylation sites (tertiary alicyclic amines) is 1. The highest BCUT2D eigenvalue weighted by atomic mass is 19.1. The number of nitrogens with one attached hydrogen (secondary N) is 3. The molecule has 1 aromatic carbocycles. The number of amides is 2. The quantitative estimate of drug-likeness (QED) is 0.319. The zero-order chi connectivity index (χ0) is 27.5. The molecule has 1 aliphatic rings. The molecule has 1 saturated heterocycles. The van der Waals surface area contributed by atoms with Gasteiger partial charge in [0.25, 0.3) is 0 Å². The fourth-order valence-corrected chi connectivity index (χ4v) is 3.85. The molecule has 0 saturated carbocycles.